The van der Waals surface area contributed by atoms with Gasteiger partial charge in [-0.1, -0.05) is 6.58 Å². The van der Waals surface area contributed by atoms with Gasteiger partial charge in [0.2, 0.25) is 0 Å². The molecule has 1 aliphatic rings. The summed E-state index contributed by atoms with van der Waals surface area (Å²) in [6.45, 7) is 3.16. The molecule has 1 rings (SSSR count). The average Bonchev–Trinajstić information content (AvgIpc) is 2.30. The normalized spacial score (nSPS) is 14.9. The molecule has 0 spiro atoms. The van der Waals surface area contributed by atoms with E-state index in [0.29, 0.717) is 0 Å². The van der Waals surface area contributed by atoms with Gasteiger partial charge in [-0.3, -0.25) is 4.79 Å². The summed E-state index contributed by atoms with van der Waals surface area (Å²) in [6, 6.07) is 0. The summed E-state index contributed by atoms with van der Waals surface area (Å²) in [6.07, 6.45) is 1.63. The molecule has 0 aliphatic carbocycles. The SMILES string of the molecule is C=COC(=O)CC1=CC(=O)OC1=O. The van der Waals surface area contributed by atoms with Crippen LogP contribution >= 0.6 is 0 Å². The monoisotopic (exact) mass is 182 g/mol. The van der Waals surface area contributed by atoms with Crippen LogP contribution < -0.4 is 0 Å². The van der Waals surface area contributed by atoms with Crippen LogP contribution in [0.1, 0.15) is 6.42 Å². The van der Waals surface area contributed by atoms with Gasteiger partial charge in [0, 0.05) is 6.08 Å². The highest BCUT2D eigenvalue weighted by molar-refractivity contribution is 6.10. The lowest BCUT2D eigenvalue weighted by Crippen LogP contribution is -2.07. The Balaban J connectivity index is 2.59. The molecule has 0 amide bonds. The molecule has 0 aromatic carbocycles. The lowest BCUT2D eigenvalue weighted by molar-refractivity contribution is -0.151. The molecule has 5 heteroatoms. The third-order valence-electron chi connectivity index (χ3n) is 1.30. The van der Waals surface area contributed by atoms with Crippen molar-refractivity contribution in [3.05, 3.63) is 24.5 Å². The van der Waals surface area contributed by atoms with Gasteiger partial charge >= 0.3 is 17.9 Å². The number of carbonyl (C=O) groups excluding carboxylic acids is 3. The molecular weight excluding hydrogens is 176 g/mol. The molecule has 0 atom stereocenters. The van der Waals surface area contributed by atoms with E-state index in [1.165, 1.54) is 0 Å². The molecule has 0 radical (unpaired) electrons. The summed E-state index contributed by atoms with van der Waals surface area (Å²) in [5.74, 6) is -2.22. The summed E-state index contributed by atoms with van der Waals surface area (Å²) >= 11 is 0. The fraction of sp³-hybridized carbons (Fsp3) is 0.125. The Morgan fingerprint density at radius 2 is 2.31 bits per heavy atom. The first-order valence-corrected chi connectivity index (χ1v) is 3.40. The van der Waals surface area contributed by atoms with E-state index < -0.39 is 17.9 Å². The summed E-state index contributed by atoms with van der Waals surface area (Å²) in [7, 11) is 0. The van der Waals surface area contributed by atoms with Gasteiger partial charge in [0.25, 0.3) is 0 Å². The van der Waals surface area contributed by atoms with Gasteiger partial charge in [0.1, 0.15) is 0 Å². The van der Waals surface area contributed by atoms with Crippen molar-refractivity contribution in [2.75, 3.05) is 0 Å². The Bertz CT molecular complexity index is 312. The van der Waals surface area contributed by atoms with Crippen molar-refractivity contribution < 1.29 is 23.9 Å². The Hall–Kier alpha value is -1.91. The third kappa shape index (κ3) is 2.26. The Labute approximate surface area is 73.6 Å². The van der Waals surface area contributed by atoms with Crippen LogP contribution in [0.25, 0.3) is 0 Å². The molecule has 13 heavy (non-hydrogen) atoms. The first kappa shape index (κ1) is 9.18. The van der Waals surface area contributed by atoms with Crippen molar-refractivity contribution in [1.82, 2.24) is 0 Å². The van der Waals surface area contributed by atoms with Crippen LogP contribution in [-0.4, -0.2) is 17.9 Å². The molecule has 68 valence electrons. The highest BCUT2D eigenvalue weighted by Gasteiger charge is 2.25. The molecule has 0 saturated carbocycles. The van der Waals surface area contributed by atoms with Crippen LogP contribution in [-0.2, 0) is 23.9 Å². The first-order valence-electron chi connectivity index (χ1n) is 3.40. The van der Waals surface area contributed by atoms with Crippen LogP contribution in [0.2, 0.25) is 0 Å². The molecule has 5 nitrogen and oxygen atoms in total. The minimum absolute atomic E-state index is 0.00292. The van der Waals surface area contributed by atoms with Gasteiger partial charge in [0.05, 0.1) is 18.3 Å². The molecule has 0 aromatic rings. The van der Waals surface area contributed by atoms with E-state index in [1.807, 2.05) is 0 Å². The van der Waals surface area contributed by atoms with Gasteiger partial charge in [-0.05, 0) is 0 Å². The Morgan fingerprint density at radius 3 is 2.77 bits per heavy atom. The molecule has 0 saturated heterocycles. The smallest absolute Gasteiger partial charge is 0.342 e. The number of cyclic esters (lactones) is 2. The molecule has 1 aliphatic heterocycles. The van der Waals surface area contributed by atoms with Crippen molar-refractivity contribution in [3.63, 3.8) is 0 Å². The minimum atomic E-state index is -0.800. The van der Waals surface area contributed by atoms with E-state index in [-0.39, 0.29) is 12.0 Å². The zero-order valence-electron chi connectivity index (χ0n) is 6.61. The van der Waals surface area contributed by atoms with Crippen LogP contribution in [0, 0.1) is 0 Å². The lowest BCUT2D eigenvalue weighted by atomic mass is 10.2. The number of esters is 3. The zero-order valence-corrected chi connectivity index (χ0v) is 6.61. The lowest BCUT2D eigenvalue weighted by Gasteiger charge is -1.96. The van der Waals surface area contributed by atoms with Crippen molar-refractivity contribution in [3.8, 4) is 0 Å². The van der Waals surface area contributed by atoms with Crippen molar-refractivity contribution in [1.29, 1.82) is 0 Å². The van der Waals surface area contributed by atoms with E-state index in [9.17, 15) is 14.4 Å². The van der Waals surface area contributed by atoms with Crippen LogP contribution in [0.15, 0.2) is 24.5 Å². The van der Waals surface area contributed by atoms with Crippen LogP contribution in [0.3, 0.4) is 0 Å². The van der Waals surface area contributed by atoms with Crippen molar-refractivity contribution in [2.24, 2.45) is 0 Å². The van der Waals surface area contributed by atoms with E-state index in [1.54, 1.807) is 0 Å². The molecule has 0 bridgehead atoms. The third-order valence-corrected chi connectivity index (χ3v) is 1.30. The maximum Gasteiger partial charge on any atom is 0.342 e. The number of hydrogen-bond donors (Lipinski definition) is 0. The summed E-state index contributed by atoms with van der Waals surface area (Å²) < 4.78 is 8.50. The number of ether oxygens (including phenoxy) is 2. The highest BCUT2D eigenvalue weighted by Crippen LogP contribution is 2.12. The number of hydrogen-bond acceptors (Lipinski definition) is 5. The van der Waals surface area contributed by atoms with Gasteiger partial charge in [-0.25, -0.2) is 9.59 Å². The Morgan fingerprint density at radius 1 is 1.62 bits per heavy atom. The molecule has 1 heterocycles. The highest BCUT2D eigenvalue weighted by atomic mass is 16.6. The number of carbonyl (C=O) groups is 3. The second-order valence-electron chi connectivity index (χ2n) is 2.21. The predicted molar refractivity (Wildman–Crippen MR) is 40.1 cm³/mol. The summed E-state index contributed by atoms with van der Waals surface area (Å²) in [5, 5.41) is 0. The quantitative estimate of drug-likeness (QED) is 0.351. The van der Waals surface area contributed by atoms with E-state index in [0.717, 1.165) is 12.3 Å². The van der Waals surface area contributed by atoms with Gasteiger partial charge in [-0.2, -0.15) is 0 Å². The van der Waals surface area contributed by atoms with Crippen LogP contribution in [0.4, 0.5) is 0 Å². The fourth-order valence-electron chi connectivity index (χ4n) is 0.801. The van der Waals surface area contributed by atoms with Crippen molar-refractivity contribution in [2.45, 2.75) is 6.42 Å². The molecule has 0 N–H and O–H groups in total. The predicted octanol–water partition coefficient (Wildman–Crippen LogP) is 0.0730. The molecule has 0 fully saturated rings. The Kier molecular flexibility index (Phi) is 2.59. The van der Waals surface area contributed by atoms with Gasteiger partial charge < -0.3 is 9.47 Å². The molecular formula is C8H6O5. The second kappa shape index (κ2) is 3.66. The van der Waals surface area contributed by atoms with E-state index in [2.05, 4.69) is 16.1 Å². The molecule has 0 unspecified atom stereocenters. The largest absolute Gasteiger partial charge is 0.435 e. The standard InChI is InChI=1S/C8H6O5/c1-2-12-6(9)3-5-4-7(10)13-8(5)11/h2,4H,1,3H2. The van der Waals surface area contributed by atoms with Gasteiger partial charge in [0.15, 0.2) is 0 Å². The van der Waals surface area contributed by atoms with Crippen molar-refractivity contribution >= 4 is 17.9 Å². The topological polar surface area (TPSA) is 69.7 Å². The zero-order chi connectivity index (χ0) is 9.84. The maximum atomic E-state index is 10.8. The summed E-state index contributed by atoms with van der Waals surface area (Å²) in [4.78, 5) is 32.1. The van der Waals surface area contributed by atoms with Gasteiger partial charge in [-0.15, -0.1) is 0 Å². The first-order chi connectivity index (χ1) is 6.13. The minimum Gasteiger partial charge on any atom is -0.435 e. The second-order valence-corrected chi connectivity index (χ2v) is 2.21. The average molecular weight is 182 g/mol. The van der Waals surface area contributed by atoms with E-state index >= 15 is 0 Å². The van der Waals surface area contributed by atoms with Crippen LogP contribution in [0.5, 0.6) is 0 Å². The fourth-order valence-corrected chi connectivity index (χ4v) is 0.801. The summed E-state index contributed by atoms with van der Waals surface area (Å²) in [5.41, 5.74) is -0.00292. The molecule has 0 aromatic heterocycles. The van der Waals surface area contributed by atoms with E-state index in [4.69, 9.17) is 0 Å². The number of rotatable bonds is 3. The maximum absolute atomic E-state index is 10.8.